The van der Waals surface area contributed by atoms with Crippen molar-refractivity contribution in [2.75, 3.05) is 23.7 Å². The number of carbonyl (C=O) groups excluding carboxylic acids is 1. The van der Waals surface area contributed by atoms with Gasteiger partial charge < -0.3 is 10.1 Å². The number of piperidine rings is 1. The molecule has 3 N–H and O–H groups in total. The van der Waals surface area contributed by atoms with E-state index in [1.54, 1.807) is 23.8 Å². The smallest absolute Gasteiger partial charge is 0.326 e. The van der Waals surface area contributed by atoms with Crippen LogP contribution in [-0.4, -0.2) is 40.2 Å². The summed E-state index contributed by atoms with van der Waals surface area (Å²) in [6.45, 7) is 4.12. The third kappa shape index (κ3) is 5.31. The molecule has 0 aliphatic carbocycles. The van der Waals surface area contributed by atoms with E-state index < -0.39 is 6.03 Å². The zero-order valence-electron chi connectivity index (χ0n) is 16.7. The van der Waals surface area contributed by atoms with E-state index in [4.69, 9.17) is 4.74 Å². The van der Waals surface area contributed by atoms with Gasteiger partial charge >= 0.3 is 6.03 Å². The molecule has 8 nitrogen and oxygen atoms in total. The zero-order chi connectivity index (χ0) is 20.8. The lowest BCUT2D eigenvalue weighted by Crippen LogP contribution is -2.35. The third-order valence-corrected chi connectivity index (χ3v) is 5.88. The maximum absolute atomic E-state index is 12.4. The molecule has 1 fully saturated rings. The van der Waals surface area contributed by atoms with E-state index in [0.717, 1.165) is 36.5 Å². The lowest BCUT2D eigenvalue weighted by atomic mass is 9.93. The summed E-state index contributed by atoms with van der Waals surface area (Å²) < 4.78 is 6.02. The zero-order valence-corrected chi connectivity index (χ0v) is 17.5. The molecule has 2 amide bonds. The Labute approximate surface area is 179 Å². The Balaban J connectivity index is 1.33. The van der Waals surface area contributed by atoms with Crippen molar-refractivity contribution in [1.82, 2.24) is 20.3 Å². The normalized spacial score (nSPS) is 15.4. The van der Waals surface area contributed by atoms with Gasteiger partial charge in [0, 0.05) is 29.4 Å². The Bertz CT molecular complexity index is 974. The summed E-state index contributed by atoms with van der Waals surface area (Å²) in [5.74, 6) is 1.92. The number of urea groups is 1. The van der Waals surface area contributed by atoms with E-state index in [9.17, 15) is 4.79 Å². The molecule has 4 heterocycles. The van der Waals surface area contributed by atoms with Gasteiger partial charge in [-0.25, -0.2) is 9.78 Å². The van der Waals surface area contributed by atoms with E-state index in [2.05, 4.69) is 37.8 Å². The lowest BCUT2D eigenvalue weighted by Gasteiger charge is -2.28. The van der Waals surface area contributed by atoms with Gasteiger partial charge in [-0.3, -0.25) is 15.6 Å². The number of hydrogen-bond acceptors (Lipinski definition) is 7. The summed E-state index contributed by atoms with van der Waals surface area (Å²) >= 11 is 1.45. The molecular formula is C21H24N6O2S. The number of carbonyl (C=O) groups is 1. The largest absolute Gasteiger partial charge is 0.474 e. The number of amides is 2. The first-order valence-corrected chi connectivity index (χ1v) is 10.8. The van der Waals surface area contributed by atoms with Crippen molar-refractivity contribution < 1.29 is 9.53 Å². The molecule has 1 aliphatic heterocycles. The molecular weight excluding hydrogens is 400 g/mol. The maximum atomic E-state index is 12.4. The Morgan fingerprint density at radius 3 is 2.70 bits per heavy atom. The fourth-order valence-electron chi connectivity index (χ4n) is 3.37. The fourth-order valence-corrected chi connectivity index (χ4v) is 4.13. The van der Waals surface area contributed by atoms with Gasteiger partial charge in [-0.05, 0) is 57.0 Å². The van der Waals surface area contributed by atoms with Crippen molar-refractivity contribution in [3.05, 3.63) is 48.1 Å². The molecule has 3 aromatic heterocycles. The number of anilines is 2. The van der Waals surface area contributed by atoms with Crippen LogP contribution in [0.3, 0.4) is 0 Å². The standard InChI is InChI=1S/C21H24N6O2S/c1-14(15-5-9-22-10-6-15)29-19-4-2-3-17(24-19)26-21(28)27-18-13-30-20(25-18)16-7-11-23-12-8-16/h2-4,7-8,11-15,22H,5-6,9-10H2,1H3,(H2,24,26,27,28). The number of rotatable bonds is 6. The number of hydrogen-bond donors (Lipinski definition) is 3. The predicted octanol–water partition coefficient (Wildman–Crippen LogP) is 4.01. The number of ether oxygens (including phenoxy) is 1. The van der Waals surface area contributed by atoms with Crippen LogP contribution in [0.15, 0.2) is 48.1 Å². The summed E-state index contributed by atoms with van der Waals surface area (Å²) in [5.41, 5.74) is 0.956. The first-order valence-electron chi connectivity index (χ1n) is 9.96. The monoisotopic (exact) mass is 424 g/mol. The minimum Gasteiger partial charge on any atom is -0.474 e. The van der Waals surface area contributed by atoms with E-state index >= 15 is 0 Å². The van der Waals surface area contributed by atoms with Crippen LogP contribution in [0.1, 0.15) is 19.8 Å². The highest BCUT2D eigenvalue weighted by Gasteiger charge is 2.21. The van der Waals surface area contributed by atoms with Crippen molar-refractivity contribution in [3.8, 4) is 16.5 Å². The highest BCUT2D eigenvalue weighted by molar-refractivity contribution is 7.13. The number of aromatic nitrogens is 3. The summed E-state index contributed by atoms with van der Waals surface area (Å²) in [6.07, 6.45) is 5.69. The first-order chi connectivity index (χ1) is 14.7. The maximum Gasteiger partial charge on any atom is 0.326 e. The molecule has 1 unspecified atom stereocenters. The highest BCUT2D eigenvalue weighted by atomic mass is 32.1. The quantitative estimate of drug-likeness (QED) is 0.553. The lowest BCUT2D eigenvalue weighted by molar-refractivity contribution is 0.123. The first kappa shape index (κ1) is 20.2. The van der Waals surface area contributed by atoms with Crippen LogP contribution in [0, 0.1) is 5.92 Å². The van der Waals surface area contributed by atoms with Gasteiger partial charge in [0.25, 0.3) is 0 Å². The summed E-state index contributed by atoms with van der Waals surface area (Å²) in [7, 11) is 0. The van der Waals surface area contributed by atoms with Crippen molar-refractivity contribution in [3.63, 3.8) is 0 Å². The number of nitrogens with one attached hydrogen (secondary N) is 3. The molecule has 0 aromatic carbocycles. The Morgan fingerprint density at radius 2 is 1.90 bits per heavy atom. The van der Waals surface area contributed by atoms with Gasteiger partial charge in [-0.1, -0.05) is 6.07 Å². The minimum atomic E-state index is -0.405. The van der Waals surface area contributed by atoms with Crippen molar-refractivity contribution in [1.29, 1.82) is 0 Å². The molecule has 0 radical (unpaired) electrons. The van der Waals surface area contributed by atoms with Crippen molar-refractivity contribution >= 4 is 29.0 Å². The van der Waals surface area contributed by atoms with Crippen LogP contribution in [0.2, 0.25) is 0 Å². The fraction of sp³-hybridized carbons (Fsp3) is 0.333. The number of thiazole rings is 1. The molecule has 156 valence electrons. The van der Waals surface area contributed by atoms with Crippen LogP contribution in [0.4, 0.5) is 16.4 Å². The van der Waals surface area contributed by atoms with Crippen LogP contribution < -0.4 is 20.7 Å². The molecule has 1 atom stereocenters. The van der Waals surface area contributed by atoms with Gasteiger partial charge in [0.2, 0.25) is 5.88 Å². The number of pyridine rings is 2. The average molecular weight is 425 g/mol. The van der Waals surface area contributed by atoms with Crippen LogP contribution in [0.25, 0.3) is 10.6 Å². The molecule has 4 rings (SSSR count). The third-order valence-electron chi connectivity index (χ3n) is 4.99. The van der Waals surface area contributed by atoms with Gasteiger partial charge in [-0.15, -0.1) is 11.3 Å². The Hall–Kier alpha value is -3.04. The highest BCUT2D eigenvalue weighted by Crippen LogP contribution is 2.25. The van der Waals surface area contributed by atoms with Crippen molar-refractivity contribution in [2.45, 2.75) is 25.9 Å². The Kier molecular flexibility index (Phi) is 6.50. The second-order valence-corrected chi connectivity index (χ2v) is 7.98. The summed E-state index contributed by atoms with van der Waals surface area (Å²) in [6, 6.07) is 8.70. The molecule has 0 spiro atoms. The second-order valence-electron chi connectivity index (χ2n) is 7.12. The van der Waals surface area contributed by atoms with Crippen LogP contribution in [-0.2, 0) is 0 Å². The molecule has 3 aromatic rings. The molecule has 0 saturated carbocycles. The van der Waals surface area contributed by atoms with Crippen LogP contribution >= 0.6 is 11.3 Å². The van der Waals surface area contributed by atoms with E-state index in [1.807, 2.05) is 24.3 Å². The topological polar surface area (TPSA) is 101 Å². The summed E-state index contributed by atoms with van der Waals surface area (Å²) in [5, 5.41) is 11.4. The van der Waals surface area contributed by atoms with Gasteiger partial charge in [0.1, 0.15) is 22.7 Å². The molecule has 1 saturated heterocycles. The predicted molar refractivity (Wildman–Crippen MR) is 118 cm³/mol. The molecule has 9 heteroatoms. The minimum absolute atomic E-state index is 0.0743. The average Bonchev–Trinajstić information content (AvgIpc) is 3.23. The van der Waals surface area contributed by atoms with E-state index in [-0.39, 0.29) is 6.10 Å². The van der Waals surface area contributed by atoms with E-state index in [0.29, 0.717) is 23.4 Å². The van der Waals surface area contributed by atoms with E-state index in [1.165, 1.54) is 11.3 Å². The van der Waals surface area contributed by atoms with Gasteiger partial charge in [0.05, 0.1) is 0 Å². The van der Waals surface area contributed by atoms with Gasteiger partial charge in [-0.2, -0.15) is 4.98 Å². The van der Waals surface area contributed by atoms with Gasteiger partial charge in [0.15, 0.2) is 0 Å². The number of nitrogens with zero attached hydrogens (tertiary/aromatic N) is 3. The SMILES string of the molecule is CC(Oc1cccc(NC(=O)Nc2csc(-c3ccncc3)n2)n1)C1CCNCC1. The van der Waals surface area contributed by atoms with Crippen LogP contribution in [0.5, 0.6) is 5.88 Å². The Morgan fingerprint density at radius 1 is 1.13 bits per heavy atom. The second kappa shape index (κ2) is 9.64. The molecule has 1 aliphatic rings. The van der Waals surface area contributed by atoms with Crippen molar-refractivity contribution in [2.24, 2.45) is 5.92 Å². The molecule has 30 heavy (non-hydrogen) atoms. The molecule has 0 bridgehead atoms. The summed E-state index contributed by atoms with van der Waals surface area (Å²) in [4.78, 5) is 25.2.